The van der Waals surface area contributed by atoms with Crippen molar-refractivity contribution in [3.63, 3.8) is 0 Å². The third-order valence-corrected chi connectivity index (χ3v) is 4.63. The fourth-order valence-corrected chi connectivity index (χ4v) is 3.40. The second-order valence-electron chi connectivity index (χ2n) is 5.19. The van der Waals surface area contributed by atoms with E-state index in [1.54, 1.807) is 11.3 Å². The molecule has 0 aliphatic carbocycles. The first kappa shape index (κ1) is 14.8. The number of piperazine rings is 1. The van der Waals surface area contributed by atoms with Crippen molar-refractivity contribution < 1.29 is 4.79 Å². The number of benzene rings is 1. The molecule has 1 aliphatic heterocycles. The molecule has 0 saturated carbocycles. The van der Waals surface area contributed by atoms with Crippen LogP contribution in [0.15, 0.2) is 35.7 Å². The quantitative estimate of drug-likeness (QED) is 0.947. The highest BCUT2D eigenvalue weighted by molar-refractivity contribution is 7.14. The minimum Gasteiger partial charge on any atom is -0.345 e. The van der Waals surface area contributed by atoms with E-state index in [1.807, 2.05) is 30.0 Å². The molecule has 1 N–H and O–H groups in total. The van der Waals surface area contributed by atoms with Crippen LogP contribution in [-0.2, 0) is 0 Å². The van der Waals surface area contributed by atoms with E-state index in [1.165, 1.54) is 0 Å². The lowest BCUT2D eigenvalue weighted by Crippen LogP contribution is -2.51. The second kappa shape index (κ2) is 6.79. The number of nitrogens with zero attached hydrogens (tertiary/aromatic N) is 3. The lowest BCUT2D eigenvalue weighted by atomic mass is 10.2. The first-order valence-electron chi connectivity index (χ1n) is 7.56. The van der Waals surface area contributed by atoms with Gasteiger partial charge in [0.25, 0.3) is 0 Å². The van der Waals surface area contributed by atoms with Crippen molar-refractivity contribution in [3.05, 3.63) is 35.7 Å². The van der Waals surface area contributed by atoms with Crippen LogP contribution in [0.3, 0.4) is 0 Å². The van der Waals surface area contributed by atoms with Gasteiger partial charge in [0.2, 0.25) is 0 Å². The highest BCUT2D eigenvalue weighted by Gasteiger charge is 2.22. The zero-order valence-corrected chi connectivity index (χ0v) is 13.5. The maximum atomic E-state index is 11.8. The maximum absolute atomic E-state index is 11.8. The van der Waals surface area contributed by atoms with Gasteiger partial charge in [0.15, 0.2) is 5.13 Å². The van der Waals surface area contributed by atoms with Gasteiger partial charge < -0.3 is 15.1 Å². The molecular weight excluding hydrogens is 296 g/mol. The Labute approximate surface area is 134 Å². The number of hydrogen-bond donors (Lipinski definition) is 1. The summed E-state index contributed by atoms with van der Waals surface area (Å²) in [5.74, 6) is 0. The van der Waals surface area contributed by atoms with E-state index in [0.717, 1.165) is 42.6 Å². The van der Waals surface area contributed by atoms with Gasteiger partial charge in [-0.3, -0.25) is 0 Å². The van der Waals surface area contributed by atoms with E-state index < -0.39 is 0 Å². The van der Waals surface area contributed by atoms with Crippen molar-refractivity contribution in [1.29, 1.82) is 0 Å². The molecular formula is C16H20N4OS. The fourth-order valence-electron chi connectivity index (χ4n) is 2.51. The molecule has 6 heteroatoms. The number of nitrogens with one attached hydrogen (secondary N) is 1. The Morgan fingerprint density at radius 1 is 1.23 bits per heavy atom. The van der Waals surface area contributed by atoms with Gasteiger partial charge in [0, 0.05) is 43.7 Å². The molecule has 1 saturated heterocycles. The van der Waals surface area contributed by atoms with Crippen molar-refractivity contribution in [2.45, 2.75) is 6.92 Å². The standard InChI is InChI=1S/C16H20N4OS/c1-2-17-15(21)19-8-10-20(11-9-19)16-18-14(12-22-16)13-6-4-3-5-7-13/h3-7,12H,2,8-11H2,1H3,(H,17,21). The first-order valence-corrected chi connectivity index (χ1v) is 8.44. The molecule has 0 radical (unpaired) electrons. The minimum atomic E-state index is 0.0336. The Morgan fingerprint density at radius 2 is 1.95 bits per heavy atom. The van der Waals surface area contributed by atoms with Gasteiger partial charge in [0.05, 0.1) is 5.69 Å². The Balaban J connectivity index is 1.63. The molecule has 2 amide bonds. The third-order valence-electron chi connectivity index (χ3n) is 3.73. The Morgan fingerprint density at radius 3 is 2.64 bits per heavy atom. The summed E-state index contributed by atoms with van der Waals surface area (Å²) >= 11 is 1.67. The number of aromatic nitrogens is 1. The number of hydrogen-bond acceptors (Lipinski definition) is 4. The largest absolute Gasteiger partial charge is 0.345 e. The second-order valence-corrected chi connectivity index (χ2v) is 6.03. The summed E-state index contributed by atoms with van der Waals surface area (Å²) in [4.78, 5) is 20.7. The molecule has 3 rings (SSSR count). The number of urea groups is 1. The molecule has 22 heavy (non-hydrogen) atoms. The van der Waals surface area contributed by atoms with Gasteiger partial charge in [-0.2, -0.15) is 0 Å². The molecule has 0 atom stereocenters. The van der Waals surface area contributed by atoms with E-state index in [2.05, 4.69) is 27.7 Å². The van der Waals surface area contributed by atoms with Crippen LogP contribution < -0.4 is 10.2 Å². The van der Waals surface area contributed by atoms with Crippen molar-refractivity contribution in [3.8, 4) is 11.3 Å². The van der Waals surface area contributed by atoms with Gasteiger partial charge in [-0.1, -0.05) is 30.3 Å². The zero-order valence-electron chi connectivity index (χ0n) is 12.7. The van der Waals surface area contributed by atoms with Crippen LogP contribution in [0.1, 0.15) is 6.92 Å². The Hall–Kier alpha value is -2.08. The lowest BCUT2D eigenvalue weighted by Gasteiger charge is -2.34. The van der Waals surface area contributed by atoms with Crippen LogP contribution in [0.5, 0.6) is 0 Å². The summed E-state index contributed by atoms with van der Waals surface area (Å²) in [5, 5.41) is 5.99. The third kappa shape index (κ3) is 3.22. The maximum Gasteiger partial charge on any atom is 0.317 e. The van der Waals surface area contributed by atoms with Gasteiger partial charge >= 0.3 is 6.03 Å². The molecule has 1 aromatic heterocycles. The summed E-state index contributed by atoms with van der Waals surface area (Å²) in [6.07, 6.45) is 0. The average molecular weight is 316 g/mol. The van der Waals surface area contributed by atoms with Crippen molar-refractivity contribution in [2.75, 3.05) is 37.6 Å². The van der Waals surface area contributed by atoms with E-state index in [4.69, 9.17) is 4.98 Å². The molecule has 0 spiro atoms. The molecule has 1 aliphatic rings. The van der Waals surface area contributed by atoms with Crippen LogP contribution in [0.4, 0.5) is 9.93 Å². The monoisotopic (exact) mass is 316 g/mol. The van der Waals surface area contributed by atoms with Crippen LogP contribution in [0.25, 0.3) is 11.3 Å². The highest BCUT2D eigenvalue weighted by Crippen LogP contribution is 2.27. The van der Waals surface area contributed by atoms with E-state index >= 15 is 0 Å². The average Bonchev–Trinajstić information content (AvgIpc) is 3.06. The summed E-state index contributed by atoms with van der Waals surface area (Å²) in [7, 11) is 0. The number of carbonyl (C=O) groups is 1. The molecule has 2 heterocycles. The molecule has 0 unspecified atom stereocenters. The van der Waals surface area contributed by atoms with E-state index in [0.29, 0.717) is 6.54 Å². The van der Waals surface area contributed by atoms with Crippen molar-refractivity contribution in [1.82, 2.24) is 15.2 Å². The SMILES string of the molecule is CCNC(=O)N1CCN(c2nc(-c3ccccc3)cs2)CC1. The minimum absolute atomic E-state index is 0.0336. The predicted molar refractivity (Wildman–Crippen MR) is 90.4 cm³/mol. The summed E-state index contributed by atoms with van der Waals surface area (Å²) < 4.78 is 0. The van der Waals surface area contributed by atoms with Crippen LogP contribution >= 0.6 is 11.3 Å². The van der Waals surface area contributed by atoms with Crippen molar-refractivity contribution >= 4 is 22.5 Å². The smallest absolute Gasteiger partial charge is 0.317 e. The molecule has 116 valence electrons. The molecule has 2 aromatic rings. The Bertz CT molecular complexity index is 620. The van der Waals surface area contributed by atoms with E-state index in [-0.39, 0.29) is 6.03 Å². The van der Waals surface area contributed by atoms with Gasteiger partial charge in [-0.25, -0.2) is 9.78 Å². The van der Waals surface area contributed by atoms with Gasteiger partial charge in [-0.05, 0) is 6.92 Å². The topological polar surface area (TPSA) is 48.5 Å². The normalized spacial score (nSPS) is 15.0. The summed E-state index contributed by atoms with van der Waals surface area (Å²) in [6.45, 7) is 5.76. The Kier molecular flexibility index (Phi) is 4.58. The predicted octanol–water partition coefficient (Wildman–Crippen LogP) is 2.66. The van der Waals surface area contributed by atoms with Crippen LogP contribution in [0.2, 0.25) is 0 Å². The summed E-state index contributed by atoms with van der Waals surface area (Å²) in [5.41, 5.74) is 2.16. The fraction of sp³-hybridized carbons (Fsp3) is 0.375. The van der Waals surface area contributed by atoms with E-state index in [9.17, 15) is 4.79 Å². The number of anilines is 1. The molecule has 5 nitrogen and oxygen atoms in total. The molecule has 0 bridgehead atoms. The van der Waals surface area contributed by atoms with Gasteiger partial charge in [-0.15, -0.1) is 11.3 Å². The number of carbonyl (C=O) groups excluding carboxylic acids is 1. The van der Waals surface area contributed by atoms with Crippen LogP contribution in [0, 0.1) is 0 Å². The summed E-state index contributed by atoms with van der Waals surface area (Å²) in [6, 6.07) is 10.2. The molecule has 1 fully saturated rings. The zero-order chi connectivity index (χ0) is 15.4. The lowest BCUT2D eigenvalue weighted by molar-refractivity contribution is 0.195. The van der Waals surface area contributed by atoms with Crippen molar-refractivity contribution in [2.24, 2.45) is 0 Å². The highest BCUT2D eigenvalue weighted by atomic mass is 32.1. The number of rotatable bonds is 3. The molecule has 1 aromatic carbocycles. The number of thiazole rings is 1. The number of amides is 2. The van der Waals surface area contributed by atoms with Crippen LogP contribution in [-0.4, -0.2) is 48.6 Å². The first-order chi connectivity index (χ1) is 10.8. The van der Waals surface area contributed by atoms with Gasteiger partial charge in [0.1, 0.15) is 0 Å².